The number of hydrogen-bond acceptors (Lipinski definition) is 17. The van der Waals surface area contributed by atoms with Crippen molar-refractivity contribution < 1.29 is 38.5 Å². The average Bonchev–Trinajstić information content (AvgIpc) is 3.96. The molecule has 0 atom stereocenters. The van der Waals surface area contributed by atoms with Gasteiger partial charge in [-0.05, 0) is 104 Å². The lowest BCUT2D eigenvalue weighted by Crippen LogP contribution is -2.44. The molecular weight excluding hydrogens is 1070 g/mol. The number of rotatable bonds is 13. The number of methoxy groups -OCH3 is 2. The number of fused-ring (bicyclic) bond motifs is 2. The van der Waals surface area contributed by atoms with Gasteiger partial charge in [0.05, 0.1) is 61.0 Å². The Morgan fingerprint density at radius 1 is 0.671 bits per heavy atom. The van der Waals surface area contributed by atoms with Gasteiger partial charge in [0.15, 0.2) is 10.3 Å². The van der Waals surface area contributed by atoms with Gasteiger partial charge in [0.1, 0.15) is 11.5 Å². The third kappa shape index (κ3) is 11.3. The molecule has 2 aliphatic rings. The molecule has 0 aliphatic carbocycles. The molecule has 20 nitrogen and oxygen atoms in total. The lowest BCUT2D eigenvalue weighted by atomic mass is 9.80. The van der Waals surface area contributed by atoms with Gasteiger partial charge in [0.2, 0.25) is 11.9 Å². The summed E-state index contributed by atoms with van der Waals surface area (Å²) in [5.41, 5.74) is 3.32. The number of amides is 4. The van der Waals surface area contributed by atoms with E-state index in [4.69, 9.17) is 14.2 Å². The molecule has 5 N–H and O–H groups in total. The van der Waals surface area contributed by atoms with Crippen molar-refractivity contribution in [2.75, 3.05) is 80.5 Å². The number of aromatic nitrogens is 6. The second-order valence-electron chi connectivity index (χ2n) is 16.9. The number of benzene rings is 2. The SMILES string of the molecule is CCNC(=O)Nc1nc2cc(-c3cnc(N4CCC(C)(C(=O)O)CC4)nc3)c(OC)c(Br)c2s1.CCNC(=O)Nc1nc2cc(-c3cnc(N4CCC(C)(C(=O)OCC)CC4)nc3)c(OC)c(Br)c2s1. The van der Waals surface area contributed by atoms with Crippen molar-refractivity contribution in [2.45, 2.75) is 60.3 Å². The summed E-state index contributed by atoms with van der Waals surface area (Å²) in [5, 5.41) is 21.3. The minimum atomic E-state index is -0.761. The summed E-state index contributed by atoms with van der Waals surface area (Å²) in [5.74, 6) is 1.54. The topological polar surface area (TPSA) is 248 Å². The van der Waals surface area contributed by atoms with Crippen molar-refractivity contribution in [2.24, 2.45) is 10.8 Å². The van der Waals surface area contributed by atoms with Crippen molar-refractivity contribution in [3.05, 3.63) is 45.9 Å². The molecule has 4 aromatic heterocycles. The van der Waals surface area contributed by atoms with E-state index in [2.05, 4.69) is 87.9 Å². The highest BCUT2D eigenvalue weighted by Crippen LogP contribution is 2.46. The second kappa shape index (κ2) is 22.4. The first-order chi connectivity index (χ1) is 33.5. The van der Waals surface area contributed by atoms with Crippen LogP contribution in [-0.4, -0.2) is 119 Å². The van der Waals surface area contributed by atoms with Crippen LogP contribution in [-0.2, 0) is 14.3 Å². The summed E-state index contributed by atoms with van der Waals surface area (Å²) in [6, 6.07) is 3.18. The number of hydrogen-bond donors (Lipinski definition) is 5. The third-order valence-electron chi connectivity index (χ3n) is 12.2. The van der Waals surface area contributed by atoms with E-state index in [-0.39, 0.29) is 18.0 Å². The van der Waals surface area contributed by atoms with Crippen molar-refractivity contribution in [1.29, 1.82) is 0 Å². The number of halogens is 2. The minimum absolute atomic E-state index is 0.139. The predicted octanol–water partition coefficient (Wildman–Crippen LogP) is 9.19. The van der Waals surface area contributed by atoms with E-state index in [9.17, 15) is 24.3 Å². The maximum Gasteiger partial charge on any atom is 0.321 e. The summed E-state index contributed by atoms with van der Waals surface area (Å²) in [7, 11) is 3.19. The normalized spacial score (nSPS) is 15.1. The Hall–Kier alpha value is -5.98. The van der Waals surface area contributed by atoms with Crippen LogP contribution >= 0.6 is 54.5 Å². The number of carbonyl (C=O) groups is 4. The molecule has 4 amide bonds. The van der Waals surface area contributed by atoms with Crippen molar-refractivity contribution in [3.63, 3.8) is 0 Å². The Morgan fingerprint density at radius 2 is 1.06 bits per heavy atom. The van der Waals surface area contributed by atoms with E-state index in [0.717, 1.165) is 40.6 Å². The Balaban J connectivity index is 0.000000207. The van der Waals surface area contributed by atoms with Crippen molar-refractivity contribution in [3.8, 4) is 33.8 Å². The monoisotopic (exact) mass is 1120 g/mol. The van der Waals surface area contributed by atoms with Crippen LogP contribution in [0.25, 0.3) is 42.7 Å². The Bertz CT molecular complexity index is 2870. The molecular formula is C46H54Br2N12O8S2. The zero-order valence-electron chi connectivity index (χ0n) is 39.7. The molecule has 0 radical (unpaired) electrons. The molecule has 0 spiro atoms. The first-order valence-corrected chi connectivity index (χ1v) is 25.8. The van der Waals surface area contributed by atoms with E-state index in [0.29, 0.717) is 116 Å². The van der Waals surface area contributed by atoms with Gasteiger partial charge >= 0.3 is 24.0 Å². The Morgan fingerprint density at radius 3 is 1.40 bits per heavy atom. The molecule has 372 valence electrons. The predicted molar refractivity (Wildman–Crippen MR) is 279 cm³/mol. The van der Waals surface area contributed by atoms with Gasteiger partial charge in [-0.2, -0.15) is 0 Å². The molecule has 2 aromatic carbocycles. The van der Waals surface area contributed by atoms with Gasteiger partial charge in [-0.3, -0.25) is 20.2 Å². The third-order valence-corrected chi connectivity index (χ3v) is 16.2. The van der Waals surface area contributed by atoms with E-state index < -0.39 is 16.8 Å². The first-order valence-electron chi connectivity index (χ1n) is 22.5. The average molecular weight is 1130 g/mol. The van der Waals surface area contributed by atoms with Crippen molar-refractivity contribution >= 4 is 121 Å². The molecule has 8 rings (SSSR count). The summed E-state index contributed by atoms with van der Waals surface area (Å²) in [4.78, 5) is 79.1. The second-order valence-corrected chi connectivity index (χ2v) is 20.5. The van der Waals surface area contributed by atoms with Gasteiger partial charge in [-0.25, -0.2) is 39.5 Å². The van der Waals surface area contributed by atoms with Gasteiger partial charge < -0.3 is 39.8 Å². The number of piperidine rings is 2. The zero-order chi connectivity index (χ0) is 50.3. The minimum Gasteiger partial charge on any atom is -0.495 e. The fraction of sp³-hybridized carbons (Fsp3) is 0.435. The molecule has 2 aliphatic heterocycles. The van der Waals surface area contributed by atoms with E-state index >= 15 is 0 Å². The number of urea groups is 2. The highest BCUT2D eigenvalue weighted by Gasteiger charge is 2.39. The molecule has 70 heavy (non-hydrogen) atoms. The maximum absolute atomic E-state index is 12.3. The molecule has 24 heteroatoms. The van der Waals surface area contributed by atoms with E-state index in [1.54, 1.807) is 45.9 Å². The lowest BCUT2D eigenvalue weighted by Gasteiger charge is -2.37. The van der Waals surface area contributed by atoms with Crippen LogP contribution in [0.3, 0.4) is 0 Å². The van der Waals surface area contributed by atoms with Crippen LogP contribution in [0.1, 0.15) is 60.3 Å². The quantitative estimate of drug-likeness (QED) is 0.0676. The highest BCUT2D eigenvalue weighted by molar-refractivity contribution is 9.11. The van der Waals surface area contributed by atoms with Crippen LogP contribution < -0.4 is 40.5 Å². The number of carboxylic acids is 1. The summed E-state index contributed by atoms with van der Waals surface area (Å²) in [6.07, 6.45) is 9.43. The van der Waals surface area contributed by atoms with E-state index in [1.807, 2.05) is 44.7 Å². The summed E-state index contributed by atoms with van der Waals surface area (Å²) in [6.45, 7) is 13.2. The lowest BCUT2D eigenvalue weighted by molar-refractivity contribution is -0.155. The van der Waals surface area contributed by atoms with Crippen LogP contribution in [0.5, 0.6) is 11.5 Å². The molecule has 0 saturated carbocycles. The van der Waals surface area contributed by atoms with Gasteiger partial charge in [-0.15, -0.1) is 0 Å². The molecule has 2 fully saturated rings. The zero-order valence-corrected chi connectivity index (χ0v) is 44.5. The van der Waals surface area contributed by atoms with Gasteiger partial charge in [0, 0.05) is 86.3 Å². The number of ether oxygens (including phenoxy) is 3. The summed E-state index contributed by atoms with van der Waals surface area (Å²) >= 11 is 9.96. The fourth-order valence-electron chi connectivity index (χ4n) is 7.93. The van der Waals surface area contributed by atoms with Crippen LogP contribution in [0, 0.1) is 10.8 Å². The smallest absolute Gasteiger partial charge is 0.321 e. The number of carbonyl (C=O) groups excluding carboxylic acids is 3. The summed E-state index contributed by atoms with van der Waals surface area (Å²) < 4.78 is 19.8. The standard InChI is InChI=1S/C24H29BrN6O4S.C22H25BrN6O4S/c1-5-26-22(33)30-23-29-16-11-15(18(34-4)17(25)19(16)36-23)14-12-27-21(28-13-14)31-9-7-24(3,8-10-31)20(32)35-6-2;1-4-24-20(32)28-21-27-14-9-13(16(33-3)15(23)17(14)34-21)12-10-25-19(26-11-12)29-7-5-22(2,6-8-29)18(30)31/h11-13H,5-10H2,1-4H3,(H2,26,29,30,33);9-11H,4-8H2,1-3H3,(H,30,31)(H2,24,27,28,32). The molecule has 6 aromatic rings. The number of carboxylic acid groups (broad SMARTS) is 1. The highest BCUT2D eigenvalue weighted by atomic mass is 79.9. The molecule has 0 unspecified atom stereocenters. The molecule has 6 heterocycles. The molecule has 2 saturated heterocycles. The Labute approximate surface area is 429 Å². The van der Waals surface area contributed by atoms with Crippen LogP contribution in [0.4, 0.5) is 31.7 Å². The number of aliphatic carboxylic acids is 1. The Kier molecular flexibility index (Phi) is 16.6. The molecule has 0 bridgehead atoms. The number of nitrogens with one attached hydrogen (secondary N) is 4. The van der Waals surface area contributed by atoms with Crippen molar-refractivity contribution in [1.82, 2.24) is 40.5 Å². The fourth-order valence-corrected chi connectivity index (χ4v) is 11.3. The van der Waals surface area contributed by atoms with Crippen LogP contribution in [0.2, 0.25) is 0 Å². The van der Waals surface area contributed by atoms with Gasteiger partial charge in [-0.1, -0.05) is 22.7 Å². The van der Waals surface area contributed by atoms with E-state index in [1.165, 1.54) is 22.7 Å². The maximum atomic E-state index is 12.3. The first kappa shape index (κ1) is 51.9. The number of thiazole rings is 2. The number of anilines is 4. The van der Waals surface area contributed by atoms with Crippen LogP contribution in [0.15, 0.2) is 45.9 Å². The number of nitrogens with zero attached hydrogens (tertiary/aromatic N) is 8. The largest absolute Gasteiger partial charge is 0.495 e. The van der Waals surface area contributed by atoms with Gasteiger partial charge in [0.25, 0.3) is 0 Å². The number of esters is 1.